The zero-order chi connectivity index (χ0) is 42.3. The Bertz CT molecular complexity index is 1980. The largest absolute Gasteiger partial charge is 0.508 e. The minimum absolute atomic E-state index is 0.00593. The Kier molecular flexibility index (Phi) is 13.3. The van der Waals surface area contributed by atoms with Gasteiger partial charge in [-0.3, -0.25) is 4.79 Å². The molecule has 4 heterocycles. The maximum absolute atomic E-state index is 14.5. The fourth-order valence-electron chi connectivity index (χ4n) is 6.91. The van der Waals surface area contributed by atoms with Crippen LogP contribution < -0.4 is 14.9 Å². The van der Waals surface area contributed by atoms with Gasteiger partial charge in [-0.1, -0.05) is 11.6 Å². The number of hydrogen-bond acceptors (Lipinski definition) is 20. The lowest BCUT2D eigenvalue weighted by Gasteiger charge is -2.45. The number of allylic oxidation sites excluding steroid dienone is 2. The highest BCUT2D eigenvalue weighted by Gasteiger charge is 2.51. The van der Waals surface area contributed by atoms with Crippen molar-refractivity contribution in [2.45, 2.75) is 119 Å². The van der Waals surface area contributed by atoms with E-state index in [1.165, 1.54) is 31.2 Å². The molecule has 0 aliphatic carbocycles. The molecule has 58 heavy (non-hydrogen) atoms. The van der Waals surface area contributed by atoms with E-state index in [0.29, 0.717) is 0 Å². The molecule has 0 saturated carbocycles. The molecule has 15 atom stereocenters. The van der Waals surface area contributed by atoms with E-state index in [9.17, 15) is 66.1 Å². The molecule has 0 radical (unpaired) electrons. The molecule has 0 bridgehead atoms. The minimum Gasteiger partial charge on any atom is -0.508 e. The smallest absolute Gasteiger partial charge is 0.239 e. The highest BCUT2D eigenvalue weighted by atomic mass is 16.7. The average Bonchev–Trinajstić information content (AvgIpc) is 3.19. The lowest BCUT2D eigenvalue weighted by atomic mass is 9.97. The van der Waals surface area contributed by atoms with Gasteiger partial charge in [0.05, 0.1) is 19.3 Å². The number of phenolic OH excluding ortho intramolecular Hbond substituents is 2. The minimum atomic E-state index is -1.98. The Labute approximate surface area is 329 Å². The highest BCUT2D eigenvalue weighted by Crippen LogP contribution is 2.42. The van der Waals surface area contributed by atoms with Crippen molar-refractivity contribution < 1.29 is 94.1 Å². The number of phenols is 2. The van der Waals surface area contributed by atoms with Crippen LogP contribution in [0.3, 0.4) is 0 Å². The van der Waals surface area contributed by atoms with Crippen molar-refractivity contribution >= 4 is 11.0 Å². The number of aliphatic hydroxyl groups is 10. The first-order valence-electron chi connectivity index (χ1n) is 18.4. The summed E-state index contributed by atoms with van der Waals surface area (Å²) >= 11 is 0. The first-order valence-corrected chi connectivity index (χ1v) is 18.4. The molecule has 3 fully saturated rings. The fourth-order valence-corrected chi connectivity index (χ4v) is 6.91. The van der Waals surface area contributed by atoms with Crippen LogP contribution in [0, 0.1) is 0 Å². The summed E-state index contributed by atoms with van der Waals surface area (Å²) in [4.78, 5) is 14.5. The fraction of sp³-hybridized carbons (Fsp3) is 0.553. The Morgan fingerprint density at radius 2 is 1.28 bits per heavy atom. The number of benzene rings is 2. The molecule has 0 unspecified atom stereocenters. The van der Waals surface area contributed by atoms with Crippen LogP contribution in [0.15, 0.2) is 51.2 Å². The van der Waals surface area contributed by atoms with Crippen molar-refractivity contribution in [3.63, 3.8) is 0 Å². The quantitative estimate of drug-likeness (QED) is 0.0896. The number of rotatable bonds is 11. The standard InChI is InChI=1S/C38H48O20/c1-13(2)4-9-17-19(53-37-29(49)26(46)23(43)20(11-39)54-37)10-18(42)22-25(45)35(33(56-34(17)22)15-5-7-16(41)8-6-15)58-36-31(51)28(48)32(14(3)52-36)57-38-30(50)27(47)24(44)21(12-40)55-38/h4-8,10,14,20-21,23-24,26-32,36-44,46-51H,9,11-12H2,1-3H3/t14-,20+,21+,23+,24+,26-,27-,28-,29+,30+,31+,32-,36-,37+,38-/m0/s1. The average molecular weight is 825 g/mol. The van der Waals surface area contributed by atoms with Crippen LogP contribution in [0.2, 0.25) is 0 Å². The van der Waals surface area contributed by atoms with Gasteiger partial charge in [0.1, 0.15) is 95.4 Å². The zero-order valence-electron chi connectivity index (χ0n) is 31.4. The van der Waals surface area contributed by atoms with Gasteiger partial charge >= 0.3 is 0 Å². The van der Waals surface area contributed by atoms with E-state index in [-0.39, 0.29) is 40.4 Å². The highest BCUT2D eigenvalue weighted by molar-refractivity contribution is 5.91. The SMILES string of the molecule is CC(C)=CCc1c(O[C@@H]2O[C@H](CO)[C@@H](O)[C@H](O)[C@H]2O)cc(O)c2c(=O)c(O[C@@H]3O[C@@H](C)[C@H](O[C@@H]4O[C@H](CO)[C@@H](O)[C@H](O)[C@H]4O)[C@@H](O)[C@H]3O)c(-c3ccc(O)cc3)oc12. The van der Waals surface area contributed by atoms with Crippen LogP contribution in [0.5, 0.6) is 23.0 Å². The van der Waals surface area contributed by atoms with Gasteiger partial charge in [0, 0.05) is 17.2 Å². The molecule has 20 nitrogen and oxygen atoms in total. The normalized spacial score (nSPS) is 35.4. The monoisotopic (exact) mass is 824 g/mol. The number of ether oxygens (including phenoxy) is 6. The lowest BCUT2D eigenvalue weighted by molar-refractivity contribution is -0.348. The molecule has 3 aliphatic heterocycles. The number of aliphatic hydroxyl groups excluding tert-OH is 10. The summed E-state index contributed by atoms with van der Waals surface area (Å²) in [6.45, 7) is 3.47. The molecule has 3 aliphatic rings. The summed E-state index contributed by atoms with van der Waals surface area (Å²) in [6, 6.07) is 6.33. The molecule has 3 saturated heterocycles. The van der Waals surface area contributed by atoms with Crippen LogP contribution in [-0.4, -0.2) is 167 Å². The summed E-state index contributed by atoms with van der Waals surface area (Å²) in [5, 5.41) is 125. The van der Waals surface area contributed by atoms with Gasteiger partial charge in [0.2, 0.25) is 23.8 Å². The van der Waals surface area contributed by atoms with E-state index >= 15 is 0 Å². The predicted octanol–water partition coefficient (Wildman–Crippen LogP) is -2.41. The summed E-state index contributed by atoms with van der Waals surface area (Å²) in [6.07, 6.45) is -23.3. The third-order valence-electron chi connectivity index (χ3n) is 10.3. The maximum Gasteiger partial charge on any atom is 0.239 e. The number of fused-ring (bicyclic) bond motifs is 1. The third-order valence-corrected chi connectivity index (χ3v) is 10.3. The van der Waals surface area contributed by atoms with Crippen molar-refractivity contribution in [3.8, 4) is 34.3 Å². The zero-order valence-corrected chi connectivity index (χ0v) is 31.4. The first kappa shape index (κ1) is 43.6. The van der Waals surface area contributed by atoms with Gasteiger partial charge in [-0.25, -0.2) is 0 Å². The third kappa shape index (κ3) is 8.40. The second-order valence-electron chi connectivity index (χ2n) is 14.6. The summed E-state index contributed by atoms with van der Waals surface area (Å²) < 4.78 is 40.7. The van der Waals surface area contributed by atoms with Crippen LogP contribution in [-0.2, 0) is 25.4 Å². The van der Waals surface area contributed by atoms with Crippen molar-refractivity contribution in [2.24, 2.45) is 0 Å². The molecule has 20 heteroatoms. The molecule has 1 aromatic heterocycles. The molecule has 3 aromatic rings. The number of aromatic hydroxyl groups is 2. The van der Waals surface area contributed by atoms with Gasteiger partial charge in [-0.05, 0) is 51.5 Å². The van der Waals surface area contributed by atoms with Crippen molar-refractivity contribution in [1.82, 2.24) is 0 Å². The van der Waals surface area contributed by atoms with Crippen LogP contribution in [0.25, 0.3) is 22.3 Å². The summed E-state index contributed by atoms with van der Waals surface area (Å²) in [5.74, 6) is -1.99. The van der Waals surface area contributed by atoms with Gasteiger partial charge in [-0.15, -0.1) is 0 Å². The molecular weight excluding hydrogens is 776 g/mol. The molecule has 320 valence electrons. The number of hydrogen-bond donors (Lipinski definition) is 12. The summed E-state index contributed by atoms with van der Waals surface area (Å²) in [7, 11) is 0. The Balaban J connectivity index is 1.40. The van der Waals surface area contributed by atoms with Gasteiger partial charge in [0.15, 0.2) is 12.1 Å². The summed E-state index contributed by atoms with van der Waals surface area (Å²) in [5.41, 5.74) is -0.171. The van der Waals surface area contributed by atoms with Crippen molar-refractivity contribution in [1.29, 1.82) is 0 Å². The van der Waals surface area contributed by atoms with Crippen molar-refractivity contribution in [3.05, 3.63) is 57.8 Å². The van der Waals surface area contributed by atoms with E-state index in [0.717, 1.165) is 11.6 Å². The lowest BCUT2D eigenvalue weighted by Crippen LogP contribution is -2.64. The van der Waals surface area contributed by atoms with Gasteiger partial charge in [-0.2, -0.15) is 0 Å². The molecule has 2 aromatic carbocycles. The van der Waals surface area contributed by atoms with E-state index in [1.807, 2.05) is 0 Å². The first-order chi connectivity index (χ1) is 27.5. The van der Waals surface area contributed by atoms with E-state index in [1.54, 1.807) is 19.9 Å². The van der Waals surface area contributed by atoms with Crippen molar-refractivity contribution in [2.75, 3.05) is 13.2 Å². The predicted molar refractivity (Wildman–Crippen MR) is 194 cm³/mol. The molecule has 0 spiro atoms. The second-order valence-corrected chi connectivity index (χ2v) is 14.6. The van der Waals surface area contributed by atoms with Crippen LogP contribution in [0.1, 0.15) is 26.3 Å². The molecule has 12 N–H and O–H groups in total. The van der Waals surface area contributed by atoms with E-state index < -0.39 is 128 Å². The molecule has 6 rings (SSSR count). The van der Waals surface area contributed by atoms with Gasteiger partial charge in [0.25, 0.3) is 0 Å². The Morgan fingerprint density at radius 3 is 1.86 bits per heavy atom. The molecular formula is C38H48O20. The maximum atomic E-state index is 14.5. The Morgan fingerprint density at radius 1 is 0.724 bits per heavy atom. The second kappa shape index (κ2) is 17.7. The van der Waals surface area contributed by atoms with E-state index in [4.69, 9.17) is 32.8 Å². The van der Waals surface area contributed by atoms with Crippen LogP contribution >= 0.6 is 0 Å². The topological polar surface area (TPSA) is 328 Å². The van der Waals surface area contributed by atoms with Gasteiger partial charge < -0.3 is 94.1 Å². The Hall–Kier alpha value is -3.97. The van der Waals surface area contributed by atoms with Crippen LogP contribution in [0.4, 0.5) is 0 Å². The van der Waals surface area contributed by atoms with E-state index in [2.05, 4.69) is 0 Å². The molecule has 0 amide bonds.